The van der Waals surface area contributed by atoms with Crippen LogP contribution in [-0.2, 0) is 6.18 Å². The van der Waals surface area contributed by atoms with Crippen LogP contribution >= 0.6 is 0 Å². The van der Waals surface area contributed by atoms with Crippen LogP contribution in [0, 0.1) is 0 Å². The lowest BCUT2D eigenvalue weighted by Gasteiger charge is -2.11. The number of benzene rings is 2. The lowest BCUT2D eigenvalue weighted by atomic mass is 10.2. The molecule has 2 aromatic rings. The van der Waals surface area contributed by atoms with Gasteiger partial charge in [0.1, 0.15) is 5.75 Å². The summed E-state index contributed by atoms with van der Waals surface area (Å²) in [6.45, 7) is 0. The Labute approximate surface area is 120 Å². The molecule has 0 saturated heterocycles. The fourth-order valence-electron chi connectivity index (χ4n) is 1.77. The Balaban J connectivity index is 2.19. The van der Waals surface area contributed by atoms with Crippen molar-refractivity contribution < 1.29 is 17.9 Å². The van der Waals surface area contributed by atoms with Gasteiger partial charge in [-0.05, 0) is 24.3 Å². The molecule has 0 atom stereocenters. The molecule has 0 bridgehead atoms. The number of anilines is 1. The van der Waals surface area contributed by atoms with Crippen molar-refractivity contribution in [2.75, 3.05) is 12.5 Å². The van der Waals surface area contributed by atoms with E-state index < -0.39 is 11.7 Å². The molecule has 0 saturated carbocycles. The lowest BCUT2D eigenvalue weighted by molar-refractivity contribution is -0.136. The van der Waals surface area contributed by atoms with Crippen molar-refractivity contribution in [3.05, 3.63) is 59.7 Å². The molecule has 0 aromatic heterocycles. The van der Waals surface area contributed by atoms with E-state index in [0.29, 0.717) is 11.3 Å². The van der Waals surface area contributed by atoms with Gasteiger partial charge in [0.15, 0.2) is 0 Å². The minimum atomic E-state index is -4.43. The number of para-hydroxylation sites is 2. The Kier molecular flexibility index (Phi) is 4.47. The van der Waals surface area contributed by atoms with Crippen molar-refractivity contribution in [3.8, 4) is 5.75 Å². The second-order valence-corrected chi connectivity index (χ2v) is 4.16. The summed E-state index contributed by atoms with van der Waals surface area (Å²) in [4.78, 5) is 0. The van der Waals surface area contributed by atoms with Gasteiger partial charge in [-0.25, -0.2) is 0 Å². The Hall–Kier alpha value is -2.50. The van der Waals surface area contributed by atoms with E-state index in [0.717, 1.165) is 6.07 Å². The molecular weight excluding hydrogens is 281 g/mol. The maximum atomic E-state index is 12.8. The summed E-state index contributed by atoms with van der Waals surface area (Å²) in [7, 11) is 1.51. The van der Waals surface area contributed by atoms with Crippen LogP contribution in [0.4, 0.5) is 18.9 Å². The second-order valence-electron chi connectivity index (χ2n) is 4.16. The van der Waals surface area contributed by atoms with Gasteiger partial charge in [0.2, 0.25) is 0 Å². The van der Waals surface area contributed by atoms with Crippen molar-refractivity contribution in [1.82, 2.24) is 0 Å². The third kappa shape index (κ3) is 3.75. The van der Waals surface area contributed by atoms with Crippen LogP contribution in [0.1, 0.15) is 11.1 Å². The summed E-state index contributed by atoms with van der Waals surface area (Å²) in [5.74, 6) is 0.590. The van der Waals surface area contributed by atoms with Gasteiger partial charge in [0, 0.05) is 5.56 Å². The molecule has 0 heterocycles. The lowest BCUT2D eigenvalue weighted by Crippen LogP contribution is -2.08. The average Bonchev–Trinajstić information content (AvgIpc) is 2.47. The summed E-state index contributed by atoms with van der Waals surface area (Å²) in [5.41, 5.74) is 2.21. The molecule has 2 aromatic carbocycles. The molecule has 3 nitrogen and oxygen atoms in total. The van der Waals surface area contributed by atoms with E-state index in [1.165, 1.54) is 31.5 Å². The van der Waals surface area contributed by atoms with E-state index in [4.69, 9.17) is 4.74 Å². The SMILES string of the molecule is COc1ccccc1/C=N\Nc1ccccc1C(F)(F)F. The summed E-state index contributed by atoms with van der Waals surface area (Å²) >= 11 is 0. The molecular formula is C15H13F3N2O. The largest absolute Gasteiger partial charge is 0.496 e. The van der Waals surface area contributed by atoms with Gasteiger partial charge in [0.05, 0.1) is 24.6 Å². The molecule has 0 unspecified atom stereocenters. The molecule has 1 N–H and O–H groups in total. The Bertz CT molecular complexity index is 639. The van der Waals surface area contributed by atoms with E-state index in [2.05, 4.69) is 10.5 Å². The minimum Gasteiger partial charge on any atom is -0.496 e. The van der Waals surface area contributed by atoms with Crippen molar-refractivity contribution in [2.45, 2.75) is 6.18 Å². The van der Waals surface area contributed by atoms with Gasteiger partial charge in [0.25, 0.3) is 0 Å². The number of hydrogen-bond acceptors (Lipinski definition) is 3. The van der Waals surface area contributed by atoms with Gasteiger partial charge in [-0.2, -0.15) is 18.3 Å². The van der Waals surface area contributed by atoms with Crippen LogP contribution in [0.2, 0.25) is 0 Å². The van der Waals surface area contributed by atoms with Crippen molar-refractivity contribution in [2.24, 2.45) is 5.10 Å². The molecule has 2 rings (SSSR count). The van der Waals surface area contributed by atoms with E-state index in [1.54, 1.807) is 24.3 Å². The molecule has 110 valence electrons. The average molecular weight is 294 g/mol. The van der Waals surface area contributed by atoms with Gasteiger partial charge in [-0.1, -0.05) is 24.3 Å². The molecule has 21 heavy (non-hydrogen) atoms. The van der Waals surface area contributed by atoms with E-state index >= 15 is 0 Å². The van der Waals surface area contributed by atoms with Crippen LogP contribution in [0.3, 0.4) is 0 Å². The van der Waals surface area contributed by atoms with E-state index in [9.17, 15) is 13.2 Å². The first-order chi connectivity index (χ1) is 10.0. The maximum absolute atomic E-state index is 12.8. The maximum Gasteiger partial charge on any atom is 0.418 e. The fraction of sp³-hybridized carbons (Fsp3) is 0.133. The zero-order chi connectivity index (χ0) is 15.3. The summed E-state index contributed by atoms with van der Waals surface area (Å²) in [6.07, 6.45) is -3.02. The third-order valence-electron chi connectivity index (χ3n) is 2.76. The number of halogens is 3. The first-order valence-corrected chi connectivity index (χ1v) is 6.10. The van der Waals surface area contributed by atoms with Crippen LogP contribution in [0.5, 0.6) is 5.75 Å². The van der Waals surface area contributed by atoms with Crippen LogP contribution in [-0.4, -0.2) is 13.3 Å². The number of hydrazone groups is 1. The van der Waals surface area contributed by atoms with Crippen LogP contribution in [0.15, 0.2) is 53.6 Å². The molecule has 0 radical (unpaired) electrons. The molecule has 0 spiro atoms. The number of methoxy groups -OCH3 is 1. The number of nitrogens with zero attached hydrogens (tertiary/aromatic N) is 1. The quantitative estimate of drug-likeness (QED) is 0.678. The van der Waals surface area contributed by atoms with E-state index in [1.807, 2.05) is 0 Å². The smallest absolute Gasteiger partial charge is 0.418 e. The first-order valence-electron chi connectivity index (χ1n) is 6.10. The highest BCUT2D eigenvalue weighted by atomic mass is 19.4. The highest BCUT2D eigenvalue weighted by Crippen LogP contribution is 2.34. The zero-order valence-corrected chi connectivity index (χ0v) is 11.2. The fourth-order valence-corrected chi connectivity index (χ4v) is 1.77. The monoisotopic (exact) mass is 294 g/mol. The third-order valence-corrected chi connectivity index (χ3v) is 2.76. The molecule has 0 amide bonds. The first kappa shape index (κ1) is 14.9. The summed E-state index contributed by atoms with van der Waals surface area (Å²) < 4.78 is 43.5. The number of rotatable bonds is 4. The Morgan fingerprint density at radius 2 is 1.71 bits per heavy atom. The van der Waals surface area contributed by atoms with Gasteiger partial charge in [-0.3, -0.25) is 5.43 Å². The van der Waals surface area contributed by atoms with Crippen molar-refractivity contribution >= 4 is 11.9 Å². The Morgan fingerprint density at radius 1 is 1.05 bits per heavy atom. The number of hydrogen-bond donors (Lipinski definition) is 1. The zero-order valence-electron chi connectivity index (χ0n) is 11.2. The van der Waals surface area contributed by atoms with Gasteiger partial charge in [-0.15, -0.1) is 0 Å². The number of alkyl halides is 3. The normalized spacial score (nSPS) is 11.6. The van der Waals surface area contributed by atoms with Crippen molar-refractivity contribution in [3.63, 3.8) is 0 Å². The predicted molar refractivity (Wildman–Crippen MR) is 75.7 cm³/mol. The second kappa shape index (κ2) is 6.30. The van der Waals surface area contributed by atoms with Gasteiger partial charge >= 0.3 is 6.18 Å². The molecule has 0 aliphatic rings. The van der Waals surface area contributed by atoms with Crippen LogP contribution in [0.25, 0.3) is 0 Å². The molecule has 6 heteroatoms. The molecule has 0 aliphatic carbocycles. The summed E-state index contributed by atoms with van der Waals surface area (Å²) in [6, 6.07) is 12.2. The number of nitrogens with one attached hydrogen (secondary N) is 1. The number of ether oxygens (including phenoxy) is 1. The Morgan fingerprint density at radius 3 is 2.43 bits per heavy atom. The van der Waals surface area contributed by atoms with Crippen molar-refractivity contribution in [1.29, 1.82) is 0 Å². The minimum absolute atomic E-state index is 0.101. The van der Waals surface area contributed by atoms with E-state index in [-0.39, 0.29) is 5.69 Å². The predicted octanol–water partition coefficient (Wildman–Crippen LogP) is 4.16. The molecule has 0 aliphatic heterocycles. The molecule has 0 fully saturated rings. The highest BCUT2D eigenvalue weighted by Gasteiger charge is 2.33. The topological polar surface area (TPSA) is 33.6 Å². The highest BCUT2D eigenvalue weighted by molar-refractivity contribution is 5.84. The summed E-state index contributed by atoms with van der Waals surface area (Å²) in [5, 5.41) is 3.84. The van der Waals surface area contributed by atoms with Crippen LogP contribution < -0.4 is 10.2 Å². The standard InChI is InChI=1S/C15H13F3N2O/c1-21-14-9-5-2-6-11(14)10-19-20-13-8-4-3-7-12(13)15(16,17)18/h2-10,20H,1H3/b19-10-. The van der Waals surface area contributed by atoms with Gasteiger partial charge < -0.3 is 4.74 Å².